The SMILES string of the molecule is CNC(=O)c1ccnc2c([C@H](C)CNc3cc(-c4ccc5c(c4)CC(=O)N5C)ncn3)cccc12.S. The van der Waals surface area contributed by atoms with Crippen molar-refractivity contribution in [1.29, 1.82) is 0 Å². The molecule has 0 bridgehead atoms. The van der Waals surface area contributed by atoms with E-state index in [2.05, 4.69) is 32.5 Å². The van der Waals surface area contributed by atoms with Gasteiger partial charge < -0.3 is 15.5 Å². The zero-order valence-corrected chi connectivity index (χ0v) is 21.4. The molecular formula is C27H28N6O2S. The van der Waals surface area contributed by atoms with Crippen LogP contribution in [0.25, 0.3) is 22.2 Å². The second-order valence-corrected chi connectivity index (χ2v) is 8.72. The number of likely N-dealkylation sites (N-methyl/N-ethyl adjacent to an activating group) is 1. The fourth-order valence-corrected chi connectivity index (χ4v) is 4.54. The van der Waals surface area contributed by atoms with Crippen LogP contribution >= 0.6 is 13.5 Å². The van der Waals surface area contributed by atoms with E-state index in [0.717, 1.165) is 44.8 Å². The Morgan fingerprint density at radius 3 is 2.75 bits per heavy atom. The van der Waals surface area contributed by atoms with Gasteiger partial charge >= 0.3 is 0 Å². The standard InChI is InChI=1S/C27H26N6O2.H2S/c1-16(19-5-4-6-20-21(27(35)28-2)9-10-29-26(19)20)14-30-24-13-22(31-15-32-24)17-7-8-23-18(11-17)12-25(34)33(23)3;/h4-11,13,15-16H,12,14H2,1-3H3,(H,28,35)(H,30,31,32);1H2/t16-;/m1./s1. The summed E-state index contributed by atoms with van der Waals surface area (Å²) in [5.74, 6) is 0.804. The summed E-state index contributed by atoms with van der Waals surface area (Å²) in [7, 11) is 3.42. The minimum atomic E-state index is -0.128. The number of pyridine rings is 1. The van der Waals surface area contributed by atoms with E-state index < -0.39 is 0 Å². The summed E-state index contributed by atoms with van der Waals surface area (Å²) in [6, 6.07) is 15.6. The lowest BCUT2D eigenvalue weighted by Gasteiger charge is -2.16. The molecule has 5 rings (SSSR count). The number of anilines is 2. The van der Waals surface area contributed by atoms with Gasteiger partial charge in [-0.1, -0.05) is 31.2 Å². The van der Waals surface area contributed by atoms with Gasteiger partial charge in [-0.3, -0.25) is 14.6 Å². The second kappa shape index (κ2) is 10.3. The van der Waals surface area contributed by atoms with Crippen molar-refractivity contribution in [2.75, 3.05) is 30.9 Å². The summed E-state index contributed by atoms with van der Waals surface area (Å²) < 4.78 is 0. The predicted molar refractivity (Wildman–Crippen MR) is 147 cm³/mol. The third kappa shape index (κ3) is 4.61. The number of carbonyl (C=O) groups excluding carboxylic acids is 2. The Morgan fingerprint density at radius 2 is 1.94 bits per heavy atom. The van der Waals surface area contributed by atoms with Crippen molar-refractivity contribution in [1.82, 2.24) is 20.3 Å². The molecule has 9 heteroatoms. The van der Waals surface area contributed by atoms with Crippen LogP contribution in [0.1, 0.15) is 34.3 Å². The topological polar surface area (TPSA) is 100 Å². The molecule has 1 aliphatic rings. The number of nitrogens with one attached hydrogen (secondary N) is 2. The van der Waals surface area contributed by atoms with Crippen molar-refractivity contribution in [3.05, 3.63) is 77.7 Å². The van der Waals surface area contributed by atoms with Crippen molar-refractivity contribution >= 4 is 47.7 Å². The molecule has 184 valence electrons. The van der Waals surface area contributed by atoms with Crippen molar-refractivity contribution in [3.8, 4) is 11.3 Å². The smallest absolute Gasteiger partial charge is 0.251 e. The minimum absolute atomic E-state index is 0. The molecule has 0 saturated carbocycles. The third-order valence-electron chi connectivity index (χ3n) is 6.51. The molecule has 0 unspecified atom stereocenters. The molecule has 0 radical (unpaired) electrons. The maximum absolute atomic E-state index is 12.3. The Bertz CT molecular complexity index is 1460. The number of fused-ring (bicyclic) bond motifs is 2. The van der Waals surface area contributed by atoms with Crippen LogP contribution in [0.15, 0.2) is 61.1 Å². The fourth-order valence-electron chi connectivity index (χ4n) is 4.54. The van der Waals surface area contributed by atoms with Gasteiger partial charge in [0.1, 0.15) is 12.1 Å². The highest BCUT2D eigenvalue weighted by Gasteiger charge is 2.24. The number of hydrogen-bond donors (Lipinski definition) is 2. The summed E-state index contributed by atoms with van der Waals surface area (Å²) in [6.07, 6.45) is 3.63. The van der Waals surface area contributed by atoms with E-state index in [0.29, 0.717) is 18.5 Å². The first-order chi connectivity index (χ1) is 17.0. The van der Waals surface area contributed by atoms with E-state index in [1.807, 2.05) is 42.5 Å². The predicted octanol–water partition coefficient (Wildman–Crippen LogP) is 3.90. The lowest BCUT2D eigenvalue weighted by Crippen LogP contribution is -2.20. The Balaban J connectivity index is 0.00000304. The number of hydrogen-bond acceptors (Lipinski definition) is 6. The van der Waals surface area contributed by atoms with Gasteiger partial charge in [-0.05, 0) is 29.3 Å². The lowest BCUT2D eigenvalue weighted by molar-refractivity contribution is -0.117. The van der Waals surface area contributed by atoms with Gasteiger partial charge in [-0.2, -0.15) is 13.5 Å². The zero-order valence-electron chi connectivity index (χ0n) is 20.4. The quantitative estimate of drug-likeness (QED) is 0.417. The third-order valence-corrected chi connectivity index (χ3v) is 6.51. The van der Waals surface area contributed by atoms with Crippen LogP contribution in [0.3, 0.4) is 0 Å². The zero-order chi connectivity index (χ0) is 24.5. The highest BCUT2D eigenvalue weighted by atomic mass is 32.1. The van der Waals surface area contributed by atoms with Crippen LogP contribution < -0.4 is 15.5 Å². The normalized spacial score (nSPS) is 13.2. The van der Waals surface area contributed by atoms with Crippen molar-refractivity contribution in [2.45, 2.75) is 19.3 Å². The number of carbonyl (C=O) groups is 2. The molecule has 1 atom stereocenters. The molecular weight excluding hydrogens is 472 g/mol. The largest absolute Gasteiger partial charge is 0.369 e. The average Bonchev–Trinajstić information content (AvgIpc) is 3.18. The molecule has 8 nitrogen and oxygen atoms in total. The van der Waals surface area contributed by atoms with Gasteiger partial charge in [-0.15, -0.1) is 0 Å². The number of rotatable bonds is 6. The summed E-state index contributed by atoms with van der Waals surface area (Å²) >= 11 is 0. The Hall–Kier alpha value is -3.98. The number of para-hydroxylation sites is 1. The first-order valence-electron chi connectivity index (χ1n) is 11.5. The summed E-state index contributed by atoms with van der Waals surface area (Å²) in [5.41, 5.74) is 6.19. The first kappa shape index (κ1) is 25.1. The van der Waals surface area contributed by atoms with E-state index in [1.54, 1.807) is 37.6 Å². The van der Waals surface area contributed by atoms with Crippen LogP contribution in [0.5, 0.6) is 0 Å². The van der Waals surface area contributed by atoms with Gasteiger partial charge in [0.05, 0.1) is 23.2 Å². The number of aromatic nitrogens is 3. The highest BCUT2D eigenvalue weighted by molar-refractivity contribution is 7.59. The van der Waals surface area contributed by atoms with Gasteiger partial charge in [0, 0.05) is 55.5 Å². The second-order valence-electron chi connectivity index (χ2n) is 8.72. The molecule has 2 aromatic heterocycles. The molecule has 0 spiro atoms. The number of benzene rings is 2. The molecule has 3 heterocycles. The van der Waals surface area contributed by atoms with Gasteiger partial charge in [0.2, 0.25) is 5.91 Å². The van der Waals surface area contributed by atoms with Gasteiger partial charge in [0.25, 0.3) is 5.91 Å². The Kier molecular flexibility index (Phi) is 7.21. The van der Waals surface area contributed by atoms with Crippen LogP contribution in [-0.2, 0) is 11.2 Å². The summed E-state index contributed by atoms with van der Waals surface area (Å²) in [5, 5.41) is 6.94. The molecule has 36 heavy (non-hydrogen) atoms. The van der Waals surface area contributed by atoms with E-state index in [1.165, 1.54) is 0 Å². The van der Waals surface area contributed by atoms with Crippen molar-refractivity contribution < 1.29 is 9.59 Å². The minimum Gasteiger partial charge on any atom is -0.369 e. The van der Waals surface area contributed by atoms with E-state index in [-0.39, 0.29) is 31.2 Å². The summed E-state index contributed by atoms with van der Waals surface area (Å²) in [4.78, 5) is 39.4. The van der Waals surface area contributed by atoms with Crippen LogP contribution in [0.2, 0.25) is 0 Å². The average molecular weight is 501 g/mol. The van der Waals surface area contributed by atoms with Gasteiger partial charge in [-0.25, -0.2) is 9.97 Å². The maximum atomic E-state index is 12.3. The van der Waals surface area contributed by atoms with E-state index in [9.17, 15) is 9.59 Å². The molecule has 2 amide bonds. The fraction of sp³-hybridized carbons (Fsp3) is 0.222. The molecule has 1 aliphatic heterocycles. The molecule has 4 aromatic rings. The molecule has 0 fully saturated rings. The summed E-state index contributed by atoms with van der Waals surface area (Å²) in [6.45, 7) is 2.75. The molecule has 0 aliphatic carbocycles. The van der Waals surface area contributed by atoms with Crippen LogP contribution in [0, 0.1) is 0 Å². The van der Waals surface area contributed by atoms with E-state index >= 15 is 0 Å². The van der Waals surface area contributed by atoms with Crippen molar-refractivity contribution in [2.24, 2.45) is 0 Å². The number of nitrogens with zero attached hydrogens (tertiary/aromatic N) is 4. The van der Waals surface area contributed by atoms with Crippen LogP contribution in [0.4, 0.5) is 11.5 Å². The molecule has 2 aromatic carbocycles. The molecule has 0 saturated heterocycles. The first-order valence-corrected chi connectivity index (χ1v) is 11.5. The maximum Gasteiger partial charge on any atom is 0.251 e. The van der Waals surface area contributed by atoms with E-state index in [4.69, 9.17) is 0 Å². The Labute approximate surface area is 216 Å². The lowest BCUT2D eigenvalue weighted by atomic mass is 9.96. The Morgan fingerprint density at radius 1 is 1.11 bits per heavy atom. The highest BCUT2D eigenvalue weighted by Crippen LogP contribution is 2.32. The van der Waals surface area contributed by atoms with Crippen molar-refractivity contribution in [3.63, 3.8) is 0 Å². The van der Waals surface area contributed by atoms with Crippen LogP contribution in [-0.4, -0.2) is 47.4 Å². The monoisotopic (exact) mass is 500 g/mol. The number of amides is 2. The molecule has 2 N–H and O–H groups in total. The van der Waals surface area contributed by atoms with Gasteiger partial charge in [0.15, 0.2) is 0 Å².